The third kappa shape index (κ3) is 4.38. The van der Waals surface area contributed by atoms with Crippen LogP contribution in [-0.4, -0.2) is 38.6 Å². The Morgan fingerprint density at radius 2 is 1.89 bits per heavy atom. The first kappa shape index (κ1) is 20.0. The Bertz CT molecular complexity index is 955. The van der Waals surface area contributed by atoms with E-state index >= 15 is 0 Å². The highest BCUT2D eigenvalue weighted by molar-refractivity contribution is 7.21. The number of likely N-dealkylation sites (N-methyl/N-ethyl adjacent to an activating group) is 1. The number of rotatable bonds is 6. The number of ether oxygens (including phenoxy) is 1. The van der Waals surface area contributed by atoms with E-state index in [1.54, 1.807) is 13.2 Å². The van der Waals surface area contributed by atoms with Gasteiger partial charge in [0.2, 0.25) is 0 Å². The van der Waals surface area contributed by atoms with Crippen LogP contribution < -0.4 is 10.1 Å². The molecule has 3 aromatic rings. The van der Waals surface area contributed by atoms with Crippen molar-refractivity contribution in [1.82, 2.24) is 10.2 Å². The molecule has 1 N–H and O–H groups in total. The first-order valence-corrected chi connectivity index (χ1v) is 9.94. The maximum Gasteiger partial charge on any atom is 0.262 e. The van der Waals surface area contributed by atoms with Crippen LogP contribution in [-0.2, 0) is 0 Å². The lowest BCUT2D eigenvalue weighted by Crippen LogP contribution is -2.34. The molecule has 0 radical (unpaired) electrons. The van der Waals surface area contributed by atoms with Gasteiger partial charge in [-0.2, -0.15) is 0 Å². The average molecular weight is 423 g/mol. The second-order valence-electron chi connectivity index (χ2n) is 6.35. The number of nitrogens with one attached hydrogen (secondary N) is 1. The van der Waals surface area contributed by atoms with E-state index < -0.39 is 0 Å². The van der Waals surface area contributed by atoms with E-state index in [1.165, 1.54) is 11.3 Å². The lowest BCUT2D eigenvalue weighted by molar-refractivity contribution is 0.0946. The van der Waals surface area contributed by atoms with Gasteiger partial charge in [-0.05, 0) is 43.9 Å². The normalized spacial score (nSPS) is 12.4. The molecule has 0 spiro atoms. The molecule has 0 saturated carbocycles. The molecule has 0 aliphatic rings. The molecule has 0 aliphatic carbocycles. The van der Waals surface area contributed by atoms with Crippen molar-refractivity contribution in [3.63, 3.8) is 0 Å². The number of nitrogens with zero attached hydrogens (tertiary/aromatic N) is 1. The van der Waals surface area contributed by atoms with E-state index in [0.717, 1.165) is 21.4 Å². The molecule has 1 aromatic heterocycles. The quantitative estimate of drug-likeness (QED) is 0.589. The summed E-state index contributed by atoms with van der Waals surface area (Å²) in [5.74, 6) is 0.619. The molecule has 1 atom stereocenters. The summed E-state index contributed by atoms with van der Waals surface area (Å²) in [6, 6.07) is 13.3. The molecule has 3 rings (SSSR count). The Morgan fingerprint density at radius 1 is 1.19 bits per heavy atom. The van der Waals surface area contributed by atoms with Gasteiger partial charge >= 0.3 is 0 Å². The minimum Gasteiger partial charge on any atom is -0.497 e. The van der Waals surface area contributed by atoms with Crippen LogP contribution in [0.15, 0.2) is 42.5 Å². The van der Waals surface area contributed by atoms with Gasteiger partial charge < -0.3 is 15.0 Å². The monoisotopic (exact) mass is 422 g/mol. The number of hydrogen-bond acceptors (Lipinski definition) is 4. The number of carbonyl (C=O) groups is 1. The van der Waals surface area contributed by atoms with E-state index in [1.807, 2.05) is 50.5 Å². The Hall–Kier alpha value is -1.79. The first-order valence-electron chi connectivity index (χ1n) is 8.37. The van der Waals surface area contributed by atoms with Gasteiger partial charge in [-0.15, -0.1) is 11.3 Å². The largest absolute Gasteiger partial charge is 0.497 e. The van der Waals surface area contributed by atoms with Gasteiger partial charge in [0, 0.05) is 21.7 Å². The smallest absolute Gasteiger partial charge is 0.262 e. The maximum atomic E-state index is 12.7. The van der Waals surface area contributed by atoms with E-state index in [9.17, 15) is 4.79 Å². The van der Waals surface area contributed by atoms with Gasteiger partial charge in [0.1, 0.15) is 10.6 Å². The number of hydrogen-bond donors (Lipinski definition) is 1. The molecule has 0 bridgehead atoms. The predicted octanol–water partition coefficient (Wildman–Crippen LogP) is 5.25. The number of amides is 1. The van der Waals surface area contributed by atoms with Crippen LogP contribution in [0.1, 0.15) is 21.3 Å². The summed E-state index contributed by atoms with van der Waals surface area (Å²) in [5.41, 5.74) is 1.09. The van der Waals surface area contributed by atoms with Crippen LogP contribution in [0.25, 0.3) is 10.1 Å². The van der Waals surface area contributed by atoms with Crippen molar-refractivity contribution in [2.45, 2.75) is 6.04 Å². The van der Waals surface area contributed by atoms with Crippen molar-refractivity contribution in [2.24, 2.45) is 0 Å². The van der Waals surface area contributed by atoms with E-state index in [0.29, 0.717) is 21.5 Å². The zero-order chi connectivity index (χ0) is 19.6. The molecule has 0 fully saturated rings. The Morgan fingerprint density at radius 3 is 2.52 bits per heavy atom. The SMILES string of the molecule is COc1ccc([C@@H](CNC(=O)c2sc3cc(Cl)ccc3c2Cl)N(C)C)cc1. The lowest BCUT2D eigenvalue weighted by atomic mass is 10.1. The second kappa shape index (κ2) is 8.48. The van der Waals surface area contributed by atoms with Crippen molar-refractivity contribution in [3.8, 4) is 5.75 Å². The molecule has 0 saturated heterocycles. The van der Waals surface area contributed by atoms with Gasteiger partial charge in [-0.1, -0.05) is 41.4 Å². The summed E-state index contributed by atoms with van der Waals surface area (Å²) in [4.78, 5) is 15.3. The van der Waals surface area contributed by atoms with Crippen LogP contribution in [0.5, 0.6) is 5.75 Å². The Kier molecular flexibility index (Phi) is 6.27. The average Bonchev–Trinajstić information content (AvgIpc) is 2.98. The van der Waals surface area contributed by atoms with Crippen LogP contribution in [0.3, 0.4) is 0 Å². The molecular weight excluding hydrogens is 403 g/mol. The summed E-state index contributed by atoms with van der Waals surface area (Å²) in [7, 11) is 5.60. The zero-order valence-electron chi connectivity index (χ0n) is 15.3. The van der Waals surface area contributed by atoms with E-state index in [2.05, 4.69) is 10.2 Å². The molecule has 142 valence electrons. The molecule has 7 heteroatoms. The summed E-state index contributed by atoms with van der Waals surface area (Å²) >= 11 is 13.8. The highest BCUT2D eigenvalue weighted by Crippen LogP contribution is 2.36. The number of halogens is 2. The van der Waals surface area contributed by atoms with Crippen molar-refractivity contribution in [1.29, 1.82) is 0 Å². The fourth-order valence-corrected chi connectivity index (χ4v) is 4.59. The molecule has 0 aliphatic heterocycles. The van der Waals surface area contributed by atoms with Crippen molar-refractivity contribution < 1.29 is 9.53 Å². The summed E-state index contributed by atoms with van der Waals surface area (Å²) < 4.78 is 6.11. The molecule has 1 heterocycles. The molecule has 1 amide bonds. The van der Waals surface area contributed by atoms with Crippen molar-refractivity contribution in [3.05, 3.63) is 63.0 Å². The fourth-order valence-electron chi connectivity index (χ4n) is 2.88. The number of methoxy groups -OCH3 is 1. The number of thiophene rings is 1. The van der Waals surface area contributed by atoms with Gasteiger partial charge in [0.25, 0.3) is 5.91 Å². The summed E-state index contributed by atoms with van der Waals surface area (Å²) in [6.45, 7) is 0.462. The standard InChI is InChI=1S/C20H20Cl2N2O2S/c1-24(2)16(12-4-7-14(26-3)8-5-12)11-23-20(25)19-18(22)15-9-6-13(21)10-17(15)27-19/h4-10,16H,11H2,1-3H3,(H,23,25)/t16-/m1/s1. The van der Waals surface area contributed by atoms with Gasteiger partial charge in [-0.25, -0.2) is 0 Å². The number of carbonyl (C=O) groups excluding carboxylic acids is 1. The van der Waals surface area contributed by atoms with E-state index in [-0.39, 0.29) is 11.9 Å². The Balaban J connectivity index is 1.77. The Labute approximate surface area is 172 Å². The number of benzene rings is 2. The molecular formula is C20H20Cl2N2O2S. The maximum absolute atomic E-state index is 12.7. The van der Waals surface area contributed by atoms with Crippen LogP contribution in [0.2, 0.25) is 10.0 Å². The fraction of sp³-hybridized carbons (Fsp3) is 0.250. The summed E-state index contributed by atoms with van der Waals surface area (Å²) in [5, 5.41) is 4.94. The topological polar surface area (TPSA) is 41.6 Å². The molecule has 2 aromatic carbocycles. The van der Waals surface area contributed by atoms with E-state index in [4.69, 9.17) is 27.9 Å². The highest BCUT2D eigenvalue weighted by atomic mass is 35.5. The highest BCUT2D eigenvalue weighted by Gasteiger charge is 2.20. The van der Waals surface area contributed by atoms with Gasteiger partial charge in [0.05, 0.1) is 18.2 Å². The second-order valence-corrected chi connectivity index (χ2v) is 8.21. The molecule has 0 unspecified atom stereocenters. The third-order valence-corrected chi connectivity index (χ3v) is 6.27. The molecule has 27 heavy (non-hydrogen) atoms. The third-order valence-electron chi connectivity index (χ3n) is 4.38. The minimum absolute atomic E-state index is 0.0301. The number of fused-ring (bicyclic) bond motifs is 1. The predicted molar refractivity (Wildman–Crippen MR) is 114 cm³/mol. The molecule has 4 nitrogen and oxygen atoms in total. The zero-order valence-corrected chi connectivity index (χ0v) is 17.6. The summed E-state index contributed by atoms with van der Waals surface area (Å²) in [6.07, 6.45) is 0. The van der Waals surface area contributed by atoms with Crippen LogP contribution >= 0.6 is 34.5 Å². The van der Waals surface area contributed by atoms with Crippen molar-refractivity contribution in [2.75, 3.05) is 27.7 Å². The first-order chi connectivity index (χ1) is 12.9. The van der Waals surface area contributed by atoms with Gasteiger partial charge in [-0.3, -0.25) is 4.79 Å². The van der Waals surface area contributed by atoms with Crippen LogP contribution in [0.4, 0.5) is 0 Å². The van der Waals surface area contributed by atoms with Gasteiger partial charge in [0.15, 0.2) is 0 Å². The lowest BCUT2D eigenvalue weighted by Gasteiger charge is -2.25. The van der Waals surface area contributed by atoms with Crippen LogP contribution in [0, 0.1) is 0 Å². The minimum atomic E-state index is -0.183. The van der Waals surface area contributed by atoms with Crippen molar-refractivity contribution >= 4 is 50.5 Å².